The monoisotopic (exact) mass is 295 g/mol. The number of carbonyl (C=O) groups excluding carboxylic acids is 1. The van der Waals surface area contributed by atoms with Gasteiger partial charge in [-0.05, 0) is 18.2 Å². The molecule has 2 rings (SSSR count). The van der Waals surface area contributed by atoms with Gasteiger partial charge in [-0.25, -0.2) is 4.79 Å². The molecule has 0 unspecified atom stereocenters. The van der Waals surface area contributed by atoms with Gasteiger partial charge in [-0.1, -0.05) is 22.0 Å². The Labute approximate surface area is 107 Å². The molecule has 0 saturated heterocycles. The average Bonchev–Trinajstić information content (AvgIpc) is 2.38. The molecule has 5 heteroatoms. The van der Waals surface area contributed by atoms with Crippen molar-refractivity contribution in [2.75, 3.05) is 13.7 Å². The summed E-state index contributed by atoms with van der Waals surface area (Å²) in [4.78, 5) is 15.2. The van der Waals surface area contributed by atoms with Gasteiger partial charge in [0, 0.05) is 16.1 Å². The number of benzene rings is 1. The van der Waals surface area contributed by atoms with Crippen molar-refractivity contribution in [2.45, 2.75) is 0 Å². The molecule has 88 valence electrons. The fourth-order valence-electron chi connectivity index (χ4n) is 1.42. The first-order valence-electron chi connectivity index (χ1n) is 4.95. The Hall–Kier alpha value is -1.62. The van der Waals surface area contributed by atoms with Gasteiger partial charge < -0.3 is 9.47 Å². The van der Waals surface area contributed by atoms with Crippen LogP contribution < -0.4 is 4.74 Å². The molecule has 1 aromatic heterocycles. The molecule has 17 heavy (non-hydrogen) atoms. The fourth-order valence-corrected chi connectivity index (χ4v) is 1.88. The number of fused-ring (bicyclic) bond motifs is 1. The molecule has 0 atom stereocenters. The lowest BCUT2D eigenvalue weighted by Crippen LogP contribution is -2.12. The number of hydrogen-bond acceptors (Lipinski definition) is 4. The molecule has 0 bridgehead atoms. The molecule has 4 nitrogen and oxygen atoms in total. The Morgan fingerprint density at radius 1 is 1.41 bits per heavy atom. The molecular weight excluding hydrogens is 286 g/mol. The summed E-state index contributed by atoms with van der Waals surface area (Å²) in [6.07, 6.45) is 1.68. The first kappa shape index (κ1) is 11.9. The number of aromatic nitrogens is 1. The van der Waals surface area contributed by atoms with Crippen molar-refractivity contribution >= 4 is 32.8 Å². The number of halogens is 1. The maximum Gasteiger partial charge on any atom is 0.343 e. The van der Waals surface area contributed by atoms with E-state index in [9.17, 15) is 4.79 Å². The molecular formula is C12H10BrNO3. The van der Waals surface area contributed by atoms with E-state index >= 15 is 0 Å². The van der Waals surface area contributed by atoms with Crippen molar-refractivity contribution in [2.24, 2.45) is 0 Å². The van der Waals surface area contributed by atoms with Crippen LogP contribution in [0.15, 0.2) is 34.9 Å². The molecule has 2 aromatic rings. The molecule has 1 aromatic carbocycles. The van der Waals surface area contributed by atoms with Crippen molar-refractivity contribution in [3.8, 4) is 5.75 Å². The summed E-state index contributed by atoms with van der Waals surface area (Å²) < 4.78 is 10.8. The van der Waals surface area contributed by atoms with Gasteiger partial charge in [-0.2, -0.15) is 0 Å². The van der Waals surface area contributed by atoms with E-state index in [0.717, 1.165) is 9.86 Å². The van der Waals surface area contributed by atoms with Crippen LogP contribution in [-0.2, 0) is 9.53 Å². The molecule has 0 fully saturated rings. The highest BCUT2D eigenvalue weighted by Crippen LogP contribution is 2.29. The predicted octanol–water partition coefficient (Wildman–Crippen LogP) is 2.55. The summed E-state index contributed by atoms with van der Waals surface area (Å²) in [5.41, 5.74) is 0.714. The Kier molecular flexibility index (Phi) is 3.58. The van der Waals surface area contributed by atoms with Crippen LogP contribution in [0.2, 0.25) is 0 Å². The third-order valence-corrected chi connectivity index (χ3v) is 2.94. The number of hydrogen-bond donors (Lipinski definition) is 0. The maximum atomic E-state index is 11.0. The molecule has 0 aliphatic carbocycles. The topological polar surface area (TPSA) is 48.4 Å². The molecule has 0 saturated carbocycles. The van der Waals surface area contributed by atoms with E-state index in [1.165, 1.54) is 7.11 Å². The number of methoxy groups -OCH3 is 1. The van der Waals surface area contributed by atoms with Crippen LogP contribution in [0, 0.1) is 0 Å². The van der Waals surface area contributed by atoms with E-state index in [1.807, 2.05) is 18.2 Å². The zero-order valence-corrected chi connectivity index (χ0v) is 10.7. The second-order valence-electron chi connectivity index (χ2n) is 3.31. The molecule has 1 heterocycles. The van der Waals surface area contributed by atoms with E-state index in [0.29, 0.717) is 11.3 Å². The quantitative estimate of drug-likeness (QED) is 0.817. The van der Waals surface area contributed by atoms with Crippen LogP contribution in [0.1, 0.15) is 0 Å². The molecule has 0 aliphatic rings. The molecule has 0 N–H and O–H groups in total. The highest BCUT2D eigenvalue weighted by molar-refractivity contribution is 9.10. The van der Waals surface area contributed by atoms with E-state index in [1.54, 1.807) is 12.3 Å². The van der Waals surface area contributed by atoms with Gasteiger partial charge in [0.15, 0.2) is 6.61 Å². The second kappa shape index (κ2) is 5.14. The van der Waals surface area contributed by atoms with E-state index in [-0.39, 0.29) is 6.61 Å². The number of rotatable bonds is 3. The Balaban J connectivity index is 2.35. The Morgan fingerprint density at radius 3 is 3.00 bits per heavy atom. The van der Waals surface area contributed by atoms with Gasteiger partial charge in [0.25, 0.3) is 0 Å². The summed E-state index contributed by atoms with van der Waals surface area (Å²) >= 11 is 3.44. The Morgan fingerprint density at radius 2 is 2.24 bits per heavy atom. The van der Waals surface area contributed by atoms with Gasteiger partial charge in [0.05, 0.1) is 7.11 Å². The Bertz CT molecular complexity index is 556. The van der Waals surface area contributed by atoms with Crippen LogP contribution in [0.3, 0.4) is 0 Å². The van der Waals surface area contributed by atoms with Crippen molar-refractivity contribution in [1.82, 2.24) is 4.98 Å². The third kappa shape index (κ3) is 2.55. The van der Waals surface area contributed by atoms with Crippen molar-refractivity contribution in [3.63, 3.8) is 0 Å². The maximum absolute atomic E-state index is 11.0. The molecule has 0 aliphatic heterocycles. The number of ether oxygens (including phenoxy) is 2. The van der Waals surface area contributed by atoms with E-state index in [2.05, 4.69) is 25.7 Å². The normalized spacial score (nSPS) is 10.2. The van der Waals surface area contributed by atoms with Gasteiger partial charge in [-0.3, -0.25) is 4.98 Å². The minimum Gasteiger partial charge on any atom is -0.480 e. The zero-order chi connectivity index (χ0) is 12.3. The molecule has 0 amide bonds. The zero-order valence-electron chi connectivity index (χ0n) is 9.14. The van der Waals surface area contributed by atoms with Crippen LogP contribution in [-0.4, -0.2) is 24.7 Å². The van der Waals surface area contributed by atoms with Crippen molar-refractivity contribution in [3.05, 3.63) is 34.9 Å². The molecule has 0 spiro atoms. The van der Waals surface area contributed by atoms with E-state index < -0.39 is 5.97 Å². The highest BCUT2D eigenvalue weighted by Gasteiger charge is 2.08. The number of esters is 1. The van der Waals surface area contributed by atoms with Gasteiger partial charge >= 0.3 is 5.97 Å². The highest BCUT2D eigenvalue weighted by atomic mass is 79.9. The largest absolute Gasteiger partial charge is 0.480 e. The lowest BCUT2D eigenvalue weighted by Gasteiger charge is -2.08. The average molecular weight is 296 g/mol. The summed E-state index contributed by atoms with van der Waals surface area (Å²) in [6.45, 7) is -0.121. The third-order valence-electron chi connectivity index (χ3n) is 2.25. The second-order valence-corrected chi connectivity index (χ2v) is 4.16. The summed E-state index contributed by atoms with van der Waals surface area (Å²) in [5, 5.41) is 0.940. The first-order valence-corrected chi connectivity index (χ1v) is 5.74. The summed E-state index contributed by atoms with van der Waals surface area (Å²) in [6, 6.07) is 7.40. The smallest absolute Gasteiger partial charge is 0.343 e. The lowest BCUT2D eigenvalue weighted by molar-refractivity contribution is -0.142. The predicted molar refractivity (Wildman–Crippen MR) is 67.0 cm³/mol. The number of nitrogens with zero attached hydrogens (tertiary/aromatic N) is 1. The fraction of sp³-hybridized carbons (Fsp3) is 0.167. The van der Waals surface area contributed by atoms with Gasteiger partial charge in [-0.15, -0.1) is 0 Å². The lowest BCUT2D eigenvalue weighted by atomic mass is 10.2. The summed E-state index contributed by atoms with van der Waals surface area (Å²) in [7, 11) is 1.32. The van der Waals surface area contributed by atoms with Crippen LogP contribution in [0.4, 0.5) is 0 Å². The van der Waals surface area contributed by atoms with Crippen LogP contribution in [0.25, 0.3) is 10.9 Å². The summed E-state index contributed by atoms with van der Waals surface area (Å²) in [5.74, 6) is 0.145. The number of carbonyl (C=O) groups is 1. The standard InChI is InChI=1S/C12H10BrNO3/c1-16-11(15)7-17-10-5-4-9(13)8-3-2-6-14-12(8)10/h2-6H,7H2,1H3. The van der Waals surface area contributed by atoms with Crippen molar-refractivity contribution in [1.29, 1.82) is 0 Å². The SMILES string of the molecule is COC(=O)COc1ccc(Br)c2cccnc12. The molecule has 0 radical (unpaired) electrons. The minimum atomic E-state index is -0.419. The number of pyridine rings is 1. The van der Waals surface area contributed by atoms with Gasteiger partial charge in [0.2, 0.25) is 0 Å². The first-order chi connectivity index (χ1) is 8.22. The van der Waals surface area contributed by atoms with Crippen LogP contribution >= 0.6 is 15.9 Å². The minimum absolute atomic E-state index is 0.121. The van der Waals surface area contributed by atoms with Gasteiger partial charge in [0.1, 0.15) is 11.3 Å². The van der Waals surface area contributed by atoms with E-state index in [4.69, 9.17) is 4.74 Å². The van der Waals surface area contributed by atoms with Crippen LogP contribution in [0.5, 0.6) is 5.75 Å². The van der Waals surface area contributed by atoms with Crippen molar-refractivity contribution < 1.29 is 14.3 Å².